The number of aryl methyl sites for hydroxylation is 1. The fourth-order valence-corrected chi connectivity index (χ4v) is 2.55. The normalized spacial score (nSPS) is 11.0. The molecule has 0 bridgehead atoms. The molecule has 0 saturated carbocycles. The number of nitrogens with one attached hydrogen (secondary N) is 2. The molecule has 0 radical (unpaired) electrons. The average molecular weight is 353 g/mol. The van der Waals surface area contributed by atoms with Gasteiger partial charge in [0.2, 0.25) is 0 Å². The van der Waals surface area contributed by atoms with Crippen LogP contribution in [0.1, 0.15) is 11.1 Å². The van der Waals surface area contributed by atoms with Gasteiger partial charge >= 0.3 is 0 Å². The zero-order chi connectivity index (χ0) is 17.6. The number of benzene rings is 2. The number of fused-ring (bicyclic) bond motifs is 1. The van der Waals surface area contributed by atoms with Gasteiger partial charge in [-0.3, -0.25) is 4.79 Å². The fraction of sp³-hybridized carbons (Fsp3) is 0.105. The Bertz CT molecular complexity index is 940. The van der Waals surface area contributed by atoms with E-state index in [1.54, 1.807) is 0 Å². The zero-order valence-electron chi connectivity index (χ0n) is 13.7. The van der Waals surface area contributed by atoms with Crippen LogP contribution in [0.3, 0.4) is 0 Å². The molecule has 0 saturated heterocycles. The second-order valence-corrected chi connectivity index (χ2v) is 5.88. The Morgan fingerprint density at radius 3 is 2.80 bits per heavy atom. The summed E-state index contributed by atoms with van der Waals surface area (Å²) in [6.45, 7) is 2.11. The third-order valence-electron chi connectivity index (χ3n) is 3.68. The lowest BCUT2D eigenvalue weighted by atomic mass is 10.2. The summed E-state index contributed by atoms with van der Waals surface area (Å²) >= 11 is 6.15. The van der Waals surface area contributed by atoms with Gasteiger partial charge in [0, 0.05) is 16.6 Å². The Morgan fingerprint density at radius 2 is 1.96 bits per heavy atom. The molecule has 0 aliphatic carbocycles. The molecular formula is C19H17ClN4O. The van der Waals surface area contributed by atoms with Crippen LogP contribution in [0.25, 0.3) is 10.9 Å². The molecule has 2 aromatic carbocycles. The number of amides is 1. The number of hydrazone groups is 1. The van der Waals surface area contributed by atoms with Crippen LogP contribution in [0.2, 0.25) is 5.15 Å². The van der Waals surface area contributed by atoms with Gasteiger partial charge in [-0.05, 0) is 30.7 Å². The highest BCUT2D eigenvalue weighted by Crippen LogP contribution is 2.18. The summed E-state index contributed by atoms with van der Waals surface area (Å²) in [7, 11) is 0. The molecule has 3 aromatic rings. The number of para-hydroxylation sites is 2. The number of halogens is 1. The van der Waals surface area contributed by atoms with Crippen molar-refractivity contribution in [2.75, 3.05) is 11.9 Å². The highest BCUT2D eigenvalue weighted by molar-refractivity contribution is 6.32. The van der Waals surface area contributed by atoms with Crippen LogP contribution in [-0.4, -0.2) is 23.7 Å². The molecule has 0 aliphatic rings. The van der Waals surface area contributed by atoms with E-state index in [-0.39, 0.29) is 12.5 Å². The smallest absolute Gasteiger partial charge is 0.259 e. The molecule has 2 N–H and O–H groups in total. The number of anilines is 1. The van der Waals surface area contributed by atoms with Gasteiger partial charge in [0.05, 0.1) is 18.3 Å². The third kappa shape index (κ3) is 4.33. The Kier molecular flexibility index (Phi) is 5.26. The topological polar surface area (TPSA) is 66.4 Å². The molecule has 1 amide bonds. The van der Waals surface area contributed by atoms with Crippen molar-refractivity contribution in [1.29, 1.82) is 0 Å². The summed E-state index contributed by atoms with van der Waals surface area (Å²) < 4.78 is 0. The van der Waals surface area contributed by atoms with Crippen LogP contribution in [0.15, 0.2) is 59.7 Å². The largest absolute Gasteiger partial charge is 0.376 e. The summed E-state index contributed by atoms with van der Waals surface area (Å²) in [5.74, 6) is -0.246. The molecule has 0 unspecified atom stereocenters. The maximum absolute atomic E-state index is 11.9. The van der Waals surface area contributed by atoms with E-state index >= 15 is 0 Å². The van der Waals surface area contributed by atoms with Gasteiger partial charge in [0.15, 0.2) is 0 Å². The lowest BCUT2D eigenvalue weighted by Gasteiger charge is -2.07. The van der Waals surface area contributed by atoms with Gasteiger partial charge in [-0.1, -0.05) is 48.0 Å². The van der Waals surface area contributed by atoms with Gasteiger partial charge < -0.3 is 5.32 Å². The molecule has 0 spiro atoms. The first-order valence-electron chi connectivity index (χ1n) is 7.80. The second-order valence-electron chi connectivity index (χ2n) is 5.52. The fourth-order valence-electron chi connectivity index (χ4n) is 2.36. The Morgan fingerprint density at radius 1 is 1.20 bits per heavy atom. The number of carbonyl (C=O) groups is 1. The summed E-state index contributed by atoms with van der Waals surface area (Å²) in [5.41, 5.74) is 5.94. The lowest BCUT2D eigenvalue weighted by Crippen LogP contribution is -2.26. The van der Waals surface area contributed by atoms with E-state index in [1.165, 1.54) is 6.21 Å². The first-order chi connectivity index (χ1) is 12.1. The number of rotatable bonds is 5. The van der Waals surface area contributed by atoms with E-state index in [9.17, 15) is 4.79 Å². The van der Waals surface area contributed by atoms with Crippen molar-refractivity contribution < 1.29 is 4.79 Å². The van der Waals surface area contributed by atoms with E-state index < -0.39 is 0 Å². The van der Waals surface area contributed by atoms with Gasteiger partial charge in [0.25, 0.3) is 5.91 Å². The molecule has 25 heavy (non-hydrogen) atoms. The monoisotopic (exact) mass is 352 g/mol. The molecule has 5 nitrogen and oxygen atoms in total. The number of hydrogen-bond donors (Lipinski definition) is 2. The van der Waals surface area contributed by atoms with Crippen molar-refractivity contribution in [2.24, 2.45) is 5.10 Å². The standard InChI is InChI=1S/C19H17ClN4O/c1-13-6-2-4-8-16(13)21-12-18(25)24-22-11-15-10-14-7-3-5-9-17(14)23-19(15)20/h2-11,21H,12H2,1H3,(H,24,25). The SMILES string of the molecule is Cc1ccccc1NCC(=O)NN=Cc1cc2ccccc2nc1Cl. The van der Waals surface area contributed by atoms with Gasteiger partial charge in [-0.25, -0.2) is 10.4 Å². The first-order valence-corrected chi connectivity index (χ1v) is 8.18. The van der Waals surface area contributed by atoms with Crippen molar-refractivity contribution in [1.82, 2.24) is 10.4 Å². The van der Waals surface area contributed by atoms with E-state index in [2.05, 4.69) is 20.8 Å². The number of nitrogens with zero attached hydrogens (tertiary/aromatic N) is 2. The van der Waals surface area contributed by atoms with E-state index in [4.69, 9.17) is 11.6 Å². The summed E-state index contributed by atoms with van der Waals surface area (Å²) in [5, 5.41) is 8.33. The first kappa shape index (κ1) is 16.9. The Hall–Kier alpha value is -2.92. The lowest BCUT2D eigenvalue weighted by molar-refractivity contribution is -0.119. The molecule has 126 valence electrons. The van der Waals surface area contributed by atoms with E-state index in [1.807, 2.05) is 61.5 Å². The highest BCUT2D eigenvalue weighted by Gasteiger charge is 2.04. The van der Waals surface area contributed by atoms with E-state index in [0.29, 0.717) is 10.7 Å². The molecular weight excluding hydrogens is 336 g/mol. The zero-order valence-corrected chi connectivity index (χ0v) is 14.4. The summed E-state index contributed by atoms with van der Waals surface area (Å²) in [6, 6.07) is 17.3. The maximum Gasteiger partial charge on any atom is 0.259 e. The van der Waals surface area contributed by atoms with Gasteiger partial charge in [-0.15, -0.1) is 0 Å². The van der Waals surface area contributed by atoms with Crippen molar-refractivity contribution >= 4 is 40.3 Å². The van der Waals surface area contributed by atoms with Gasteiger partial charge in [0.1, 0.15) is 5.15 Å². The summed E-state index contributed by atoms with van der Waals surface area (Å²) in [4.78, 5) is 16.2. The minimum Gasteiger partial charge on any atom is -0.376 e. The van der Waals surface area contributed by atoms with Crippen LogP contribution in [0.5, 0.6) is 0 Å². The van der Waals surface area contributed by atoms with Crippen molar-refractivity contribution in [3.63, 3.8) is 0 Å². The number of pyridine rings is 1. The van der Waals surface area contributed by atoms with Crippen molar-refractivity contribution in [2.45, 2.75) is 6.92 Å². The minimum absolute atomic E-state index is 0.131. The van der Waals surface area contributed by atoms with Gasteiger partial charge in [-0.2, -0.15) is 5.10 Å². The van der Waals surface area contributed by atoms with Crippen LogP contribution in [0.4, 0.5) is 5.69 Å². The van der Waals surface area contributed by atoms with Crippen LogP contribution in [-0.2, 0) is 4.79 Å². The molecule has 6 heteroatoms. The molecule has 0 fully saturated rings. The second kappa shape index (κ2) is 7.77. The molecule has 0 atom stereocenters. The molecule has 0 aliphatic heterocycles. The van der Waals surface area contributed by atoms with Crippen molar-refractivity contribution in [3.8, 4) is 0 Å². The molecule has 1 aromatic heterocycles. The van der Waals surface area contributed by atoms with Crippen LogP contribution < -0.4 is 10.7 Å². The van der Waals surface area contributed by atoms with Crippen LogP contribution >= 0.6 is 11.6 Å². The quantitative estimate of drug-likeness (QED) is 0.417. The Labute approximate surface area is 150 Å². The predicted octanol–water partition coefficient (Wildman–Crippen LogP) is 3.76. The molecule has 3 rings (SSSR count). The predicted molar refractivity (Wildman–Crippen MR) is 102 cm³/mol. The van der Waals surface area contributed by atoms with E-state index in [0.717, 1.165) is 22.2 Å². The minimum atomic E-state index is -0.246. The van der Waals surface area contributed by atoms with Crippen molar-refractivity contribution in [3.05, 3.63) is 70.9 Å². The number of carbonyl (C=O) groups excluding carboxylic acids is 1. The van der Waals surface area contributed by atoms with Crippen LogP contribution in [0, 0.1) is 6.92 Å². The number of aromatic nitrogens is 1. The molecule has 1 heterocycles. The Balaban J connectivity index is 1.60. The number of hydrogen-bond acceptors (Lipinski definition) is 4. The third-order valence-corrected chi connectivity index (χ3v) is 3.98. The summed E-state index contributed by atoms with van der Waals surface area (Å²) in [6.07, 6.45) is 1.49. The highest BCUT2D eigenvalue weighted by atomic mass is 35.5. The maximum atomic E-state index is 11.9. The average Bonchev–Trinajstić information content (AvgIpc) is 2.61.